The number of Topliss-reactive ketones (excluding diaryl/α,β-unsaturated/α-hetero) is 1. The van der Waals surface area contributed by atoms with E-state index < -0.39 is 28.6 Å². The predicted octanol–water partition coefficient (Wildman–Crippen LogP) is 4.42. The molecule has 0 spiro atoms. The molecule has 0 saturated heterocycles. The molecule has 34 heavy (non-hydrogen) atoms. The van der Waals surface area contributed by atoms with Crippen LogP contribution >= 0.6 is 15.9 Å². The number of carbonyl (C=O) groups is 2. The fourth-order valence-electron chi connectivity index (χ4n) is 4.14. The number of hydrogen-bond acceptors (Lipinski definition) is 6. The van der Waals surface area contributed by atoms with Gasteiger partial charge in [-0.15, -0.1) is 0 Å². The highest BCUT2D eigenvalue weighted by atomic mass is 79.9. The van der Waals surface area contributed by atoms with Crippen LogP contribution in [0.5, 0.6) is 5.75 Å². The highest BCUT2D eigenvalue weighted by molar-refractivity contribution is 9.10. The number of nitrogens with zero attached hydrogens (tertiary/aromatic N) is 2. The van der Waals surface area contributed by atoms with Gasteiger partial charge in [0.1, 0.15) is 0 Å². The minimum absolute atomic E-state index is 0.00741. The maximum absolute atomic E-state index is 13.4. The lowest BCUT2D eigenvalue weighted by Gasteiger charge is -2.23. The molecule has 9 heteroatoms. The third kappa shape index (κ3) is 4.32. The van der Waals surface area contributed by atoms with Gasteiger partial charge in [-0.2, -0.15) is 0 Å². The van der Waals surface area contributed by atoms with Gasteiger partial charge < -0.3 is 14.7 Å². The lowest BCUT2D eigenvalue weighted by Crippen LogP contribution is -2.42. The van der Waals surface area contributed by atoms with Crippen LogP contribution in [-0.2, 0) is 16.8 Å². The van der Waals surface area contributed by atoms with Gasteiger partial charge in [-0.25, -0.2) is 0 Å². The summed E-state index contributed by atoms with van der Waals surface area (Å²) >= 11 is 3.37. The Kier molecular flexibility index (Phi) is 6.49. The highest BCUT2D eigenvalue weighted by Gasteiger charge is 2.51. The van der Waals surface area contributed by atoms with Crippen LogP contribution in [0.2, 0.25) is 0 Å². The number of ketones is 1. The van der Waals surface area contributed by atoms with Gasteiger partial charge in [-0.3, -0.25) is 19.7 Å². The fraction of sp³-hybridized carbons (Fsp3) is 0.200. The van der Waals surface area contributed by atoms with E-state index in [9.17, 15) is 24.8 Å². The van der Waals surface area contributed by atoms with E-state index in [1.807, 2.05) is 30.3 Å². The number of carbonyl (C=O) groups excluding carboxylic acids is 2. The van der Waals surface area contributed by atoms with Crippen molar-refractivity contribution in [3.05, 3.63) is 98.0 Å². The van der Waals surface area contributed by atoms with Crippen LogP contribution in [0.25, 0.3) is 0 Å². The van der Waals surface area contributed by atoms with Crippen LogP contribution in [-0.4, -0.2) is 35.4 Å². The summed E-state index contributed by atoms with van der Waals surface area (Å²) in [6.45, 7) is 0.321. The van der Waals surface area contributed by atoms with E-state index in [2.05, 4.69) is 15.9 Å². The van der Waals surface area contributed by atoms with Crippen molar-refractivity contribution in [2.24, 2.45) is 0 Å². The molecule has 1 aliphatic heterocycles. The molecule has 8 nitrogen and oxygen atoms in total. The lowest BCUT2D eigenvalue weighted by atomic mass is 9.88. The molecule has 3 aromatic rings. The molecule has 1 amide bonds. The van der Waals surface area contributed by atoms with Gasteiger partial charge in [-0.1, -0.05) is 46.3 Å². The number of methoxy groups -OCH3 is 1. The summed E-state index contributed by atoms with van der Waals surface area (Å²) in [5.41, 5.74) is -0.581. The molecular formula is C25H21BrN2O6. The summed E-state index contributed by atoms with van der Waals surface area (Å²) in [5, 5.41) is 22.9. The Balaban J connectivity index is 1.65. The van der Waals surface area contributed by atoms with Crippen LogP contribution in [0.3, 0.4) is 0 Å². The maximum Gasteiger partial charge on any atom is 0.311 e. The first-order chi connectivity index (χ1) is 16.2. The van der Waals surface area contributed by atoms with Gasteiger partial charge in [-0.05, 0) is 42.3 Å². The van der Waals surface area contributed by atoms with Gasteiger partial charge in [0.05, 0.1) is 24.1 Å². The molecule has 0 aromatic heterocycles. The number of hydrogen-bond donors (Lipinski definition) is 1. The fourth-order valence-corrected chi connectivity index (χ4v) is 4.50. The molecule has 0 bridgehead atoms. The number of amides is 1. The Morgan fingerprint density at radius 3 is 2.56 bits per heavy atom. The number of rotatable bonds is 8. The molecule has 1 N–H and O–H groups in total. The largest absolute Gasteiger partial charge is 0.490 e. The molecule has 174 valence electrons. The van der Waals surface area contributed by atoms with Crippen LogP contribution in [0.4, 0.5) is 11.4 Å². The van der Waals surface area contributed by atoms with E-state index >= 15 is 0 Å². The number of aliphatic hydroxyl groups is 1. The third-order valence-corrected chi connectivity index (χ3v) is 6.37. The molecule has 1 aliphatic rings. The summed E-state index contributed by atoms with van der Waals surface area (Å²) in [7, 11) is 1.29. The second-order valence-corrected chi connectivity index (χ2v) is 8.87. The smallest absolute Gasteiger partial charge is 0.311 e. The van der Waals surface area contributed by atoms with E-state index in [-0.39, 0.29) is 17.0 Å². The first-order valence-electron chi connectivity index (χ1n) is 10.5. The quantitative estimate of drug-likeness (QED) is 0.265. The molecule has 0 fully saturated rings. The Labute approximate surface area is 204 Å². The van der Waals surface area contributed by atoms with E-state index in [0.717, 1.165) is 11.6 Å². The normalized spacial score (nSPS) is 16.9. The molecule has 1 atom stereocenters. The van der Waals surface area contributed by atoms with Crippen molar-refractivity contribution in [1.82, 2.24) is 0 Å². The summed E-state index contributed by atoms with van der Waals surface area (Å²) in [5.74, 6) is -1.19. The molecule has 0 radical (unpaired) electrons. The number of nitro groups is 1. The van der Waals surface area contributed by atoms with Gasteiger partial charge >= 0.3 is 5.69 Å². The van der Waals surface area contributed by atoms with E-state index in [0.29, 0.717) is 28.7 Å². The average molecular weight is 525 g/mol. The van der Waals surface area contributed by atoms with E-state index in [1.54, 1.807) is 18.2 Å². The molecule has 0 saturated carbocycles. The van der Waals surface area contributed by atoms with Gasteiger partial charge in [0, 0.05) is 28.2 Å². The zero-order valence-electron chi connectivity index (χ0n) is 18.2. The van der Waals surface area contributed by atoms with E-state index in [4.69, 9.17) is 4.74 Å². The van der Waals surface area contributed by atoms with Gasteiger partial charge in [0.25, 0.3) is 5.91 Å². The number of fused-ring (bicyclic) bond motifs is 1. The van der Waals surface area contributed by atoms with Crippen molar-refractivity contribution in [1.29, 1.82) is 0 Å². The van der Waals surface area contributed by atoms with Crippen LogP contribution < -0.4 is 9.64 Å². The lowest BCUT2D eigenvalue weighted by molar-refractivity contribution is -0.385. The standard InChI is InChI=1S/C25H21BrN2O6/c1-34-23-10-7-17(13-21(23)28(32)33)22(29)15-25(31)19-14-18(26)8-9-20(19)27(24(25)30)12-11-16-5-3-2-4-6-16/h2-10,13-14,31H,11-12,15H2,1H3/t25-/m0/s1. The topological polar surface area (TPSA) is 110 Å². The van der Waals surface area contributed by atoms with Crippen LogP contribution in [0.1, 0.15) is 27.9 Å². The summed E-state index contributed by atoms with van der Waals surface area (Å²) in [6.07, 6.45) is 0.0113. The minimum atomic E-state index is -2.10. The Bertz CT molecular complexity index is 1280. The minimum Gasteiger partial charge on any atom is -0.490 e. The van der Waals surface area contributed by atoms with Crippen molar-refractivity contribution in [3.63, 3.8) is 0 Å². The maximum atomic E-state index is 13.4. The monoisotopic (exact) mass is 524 g/mol. The van der Waals surface area contributed by atoms with Crippen molar-refractivity contribution in [3.8, 4) is 5.75 Å². The van der Waals surface area contributed by atoms with Crippen molar-refractivity contribution in [2.75, 3.05) is 18.6 Å². The van der Waals surface area contributed by atoms with Crippen LogP contribution in [0.15, 0.2) is 71.2 Å². The Hall–Kier alpha value is -3.56. The second-order valence-electron chi connectivity index (χ2n) is 7.96. The van der Waals surface area contributed by atoms with Gasteiger partial charge in [0.2, 0.25) is 0 Å². The number of benzene rings is 3. The number of nitro benzene ring substituents is 1. The summed E-state index contributed by atoms with van der Waals surface area (Å²) < 4.78 is 5.63. The molecular weight excluding hydrogens is 504 g/mol. The molecule has 0 unspecified atom stereocenters. The van der Waals surface area contributed by atoms with Crippen molar-refractivity contribution >= 4 is 39.0 Å². The first kappa shape index (κ1) is 23.6. The molecule has 4 rings (SSSR count). The first-order valence-corrected chi connectivity index (χ1v) is 11.3. The SMILES string of the molecule is COc1ccc(C(=O)C[C@@]2(O)C(=O)N(CCc3ccccc3)c3ccc(Br)cc32)cc1[N+](=O)[O-]. The zero-order chi connectivity index (χ0) is 24.5. The van der Waals surface area contributed by atoms with Crippen molar-refractivity contribution in [2.45, 2.75) is 18.4 Å². The average Bonchev–Trinajstić information content (AvgIpc) is 3.03. The molecule has 1 heterocycles. The van der Waals surface area contributed by atoms with E-state index in [1.165, 1.54) is 24.1 Å². The number of halogens is 1. The second kappa shape index (κ2) is 9.36. The summed E-state index contributed by atoms with van der Waals surface area (Å²) in [6, 6.07) is 18.6. The molecule has 0 aliphatic carbocycles. The number of anilines is 1. The van der Waals surface area contributed by atoms with Crippen molar-refractivity contribution < 1.29 is 24.4 Å². The Morgan fingerprint density at radius 2 is 1.88 bits per heavy atom. The van der Waals surface area contributed by atoms with Crippen LogP contribution in [0, 0.1) is 10.1 Å². The predicted molar refractivity (Wildman–Crippen MR) is 129 cm³/mol. The van der Waals surface area contributed by atoms with Gasteiger partial charge in [0.15, 0.2) is 17.1 Å². The number of ether oxygens (including phenoxy) is 1. The summed E-state index contributed by atoms with van der Waals surface area (Å²) in [4.78, 5) is 38.7. The zero-order valence-corrected chi connectivity index (χ0v) is 19.8. The highest BCUT2D eigenvalue weighted by Crippen LogP contribution is 2.44. The Morgan fingerprint density at radius 1 is 1.15 bits per heavy atom. The molecule has 3 aromatic carbocycles. The third-order valence-electron chi connectivity index (χ3n) is 5.87.